The van der Waals surface area contributed by atoms with Crippen molar-refractivity contribution >= 4 is 18.3 Å². The molecule has 23 heavy (non-hydrogen) atoms. The van der Waals surface area contributed by atoms with E-state index in [0.717, 1.165) is 43.7 Å². The minimum absolute atomic E-state index is 0. The van der Waals surface area contributed by atoms with Gasteiger partial charge in [-0.3, -0.25) is 19.5 Å². The summed E-state index contributed by atoms with van der Waals surface area (Å²) in [4.78, 5) is 37.0. The van der Waals surface area contributed by atoms with Gasteiger partial charge >= 0.3 is 0 Å². The van der Waals surface area contributed by atoms with E-state index in [4.69, 9.17) is 0 Å². The van der Waals surface area contributed by atoms with Crippen molar-refractivity contribution in [1.82, 2.24) is 20.0 Å². The number of carbonyl (C=O) groups is 1. The average molecular weight is 343 g/mol. The minimum Gasteiger partial charge on any atom is -0.341 e. The maximum Gasteiger partial charge on any atom is 0.265 e. The van der Waals surface area contributed by atoms with E-state index in [0.29, 0.717) is 5.41 Å². The number of carbonyl (C=O) groups excluding carboxylic acids is 1. The molecular formula is C15H23ClN4O3. The lowest BCUT2D eigenvalue weighted by Crippen LogP contribution is -2.48. The molecule has 2 fully saturated rings. The Morgan fingerprint density at radius 3 is 2.39 bits per heavy atom. The van der Waals surface area contributed by atoms with E-state index in [1.165, 1.54) is 25.0 Å². The zero-order valence-corrected chi connectivity index (χ0v) is 13.9. The summed E-state index contributed by atoms with van der Waals surface area (Å²) in [5.41, 5.74) is -0.348. The Balaban J connectivity index is 0.00000192. The molecule has 3 heterocycles. The SMILES string of the molecule is Cl.O=C(Cn1[nH]c(=O)ccc1=O)N1CCC2(CCNCC2)CC1. The Kier molecular flexibility index (Phi) is 5.64. The second-order valence-electron chi connectivity index (χ2n) is 6.36. The first-order valence-corrected chi connectivity index (χ1v) is 7.87. The number of H-pyrrole nitrogens is 1. The van der Waals surface area contributed by atoms with E-state index in [-0.39, 0.29) is 36.0 Å². The molecule has 2 aliphatic rings. The largest absolute Gasteiger partial charge is 0.341 e. The van der Waals surface area contributed by atoms with Gasteiger partial charge in [0.1, 0.15) is 6.54 Å². The third-order valence-corrected chi connectivity index (χ3v) is 5.02. The van der Waals surface area contributed by atoms with E-state index in [2.05, 4.69) is 10.4 Å². The quantitative estimate of drug-likeness (QED) is 0.789. The van der Waals surface area contributed by atoms with Crippen LogP contribution >= 0.6 is 12.4 Å². The Labute approximate surface area is 140 Å². The molecule has 2 saturated heterocycles. The summed E-state index contributed by atoms with van der Waals surface area (Å²) in [6.45, 7) is 3.52. The fraction of sp³-hybridized carbons (Fsp3) is 0.667. The maximum absolute atomic E-state index is 12.3. The molecule has 2 aliphatic heterocycles. The summed E-state index contributed by atoms with van der Waals surface area (Å²) in [7, 11) is 0. The van der Waals surface area contributed by atoms with Crippen molar-refractivity contribution in [2.45, 2.75) is 32.2 Å². The standard InChI is InChI=1S/C15H22N4O3.ClH/c20-12-1-2-13(21)19(17-12)11-14(22)18-9-5-15(6-10-18)3-7-16-8-4-15;/h1-2,16H,3-11H2,(H,17,20);1H. The van der Waals surface area contributed by atoms with Crippen LogP contribution in [0.15, 0.2) is 21.7 Å². The van der Waals surface area contributed by atoms with E-state index in [1.807, 2.05) is 4.90 Å². The highest BCUT2D eigenvalue weighted by molar-refractivity contribution is 5.85. The van der Waals surface area contributed by atoms with Gasteiger partial charge in [0.05, 0.1) is 0 Å². The number of likely N-dealkylation sites (tertiary alicyclic amines) is 1. The van der Waals surface area contributed by atoms with Crippen molar-refractivity contribution in [2.75, 3.05) is 26.2 Å². The predicted octanol–water partition coefficient (Wildman–Crippen LogP) is -0.0494. The second kappa shape index (κ2) is 7.31. The number of aromatic nitrogens is 2. The first-order valence-electron chi connectivity index (χ1n) is 7.87. The van der Waals surface area contributed by atoms with Crippen molar-refractivity contribution in [1.29, 1.82) is 0 Å². The zero-order chi connectivity index (χ0) is 15.6. The Morgan fingerprint density at radius 1 is 1.09 bits per heavy atom. The molecule has 0 atom stereocenters. The van der Waals surface area contributed by atoms with Gasteiger partial charge in [-0.15, -0.1) is 12.4 Å². The molecule has 1 amide bonds. The molecule has 3 rings (SSSR count). The van der Waals surface area contributed by atoms with Crippen molar-refractivity contribution in [3.63, 3.8) is 0 Å². The van der Waals surface area contributed by atoms with Gasteiger partial charge in [0.2, 0.25) is 5.91 Å². The van der Waals surface area contributed by atoms with Gasteiger partial charge in [-0.05, 0) is 44.2 Å². The molecule has 0 aromatic carbocycles. The molecule has 7 nitrogen and oxygen atoms in total. The van der Waals surface area contributed by atoms with Crippen LogP contribution in [0.25, 0.3) is 0 Å². The summed E-state index contributed by atoms with van der Waals surface area (Å²) in [6, 6.07) is 2.36. The summed E-state index contributed by atoms with van der Waals surface area (Å²) < 4.78 is 1.08. The van der Waals surface area contributed by atoms with Gasteiger partial charge < -0.3 is 10.2 Å². The molecule has 8 heteroatoms. The smallest absolute Gasteiger partial charge is 0.265 e. The lowest BCUT2D eigenvalue weighted by atomic mass is 9.71. The number of nitrogens with zero attached hydrogens (tertiary/aromatic N) is 2. The third kappa shape index (κ3) is 4.03. The van der Waals surface area contributed by atoms with Crippen LogP contribution in [0.1, 0.15) is 25.7 Å². The molecule has 0 radical (unpaired) electrons. The highest BCUT2D eigenvalue weighted by atomic mass is 35.5. The van der Waals surface area contributed by atoms with Gasteiger partial charge in [-0.25, -0.2) is 4.68 Å². The van der Waals surface area contributed by atoms with Crippen LogP contribution in [0.2, 0.25) is 0 Å². The second-order valence-corrected chi connectivity index (χ2v) is 6.36. The highest BCUT2D eigenvalue weighted by Crippen LogP contribution is 2.39. The van der Waals surface area contributed by atoms with Crippen LogP contribution in [0.5, 0.6) is 0 Å². The van der Waals surface area contributed by atoms with Crippen LogP contribution in [-0.4, -0.2) is 46.8 Å². The van der Waals surface area contributed by atoms with Crippen LogP contribution < -0.4 is 16.4 Å². The number of nitrogens with one attached hydrogen (secondary N) is 2. The fourth-order valence-electron chi connectivity index (χ4n) is 3.50. The molecular weight excluding hydrogens is 320 g/mol. The molecule has 0 aliphatic carbocycles. The Hall–Kier alpha value is -1.60. The van der Waals surface area contributed by atoms with Gasteiger partial charge in [0.15, 0.2) is 0 Å². The van der Waals surface area contributed by atoms with E-state index in [1.54, 1.807) is 0 Å². The monoisotopic (exact) mass is 342 g/mol. The van der Waals surface area contributed by atoms with E-state index in [9.17, 15) is 14.4 Å². The van der Waals surface area contributed by atoms with E-state index >= 15 is 0 Å². The van der Waals surface area contributed by atoms with Crippen molar-refractivity contribution in [2.24, 2.45) is 5.41 Å². The van der Waals surface area contributed by atoms with Crippen LogP contribution in [0, 0.1) is 5.41 Å². The van der Waals surface area contributed by atoms with Crippen molar-refractivity contribution in [3.8, 4) is 0 Å². The molecule has 0 bridgehead atoms. The zero-order valence-electron chi connectivity index (χ0n) is 13.0. The summed E-state index contributed by atoms with van der Waals surface area (Å²) in [6.07, 6.45) is 4.42. The maximum atomic E-state index is 12.3. The first-order chi connectivity index (χ1) is 10.6. The van der Waals surface area contributed by atoms with Crippen molar-refractivity contribution in [3.05, 3.63) is 32.8 Å². The summed E-state index contributed by atoms with van der Waals surface area (Å²) in [5.74, 6) is -0.104. The third-order valence-electron chi connectivity index (χ3n) is 5.02. The number of piperidine rings is 2. The van der Waals surface area contributed by atoms with Gasteiger partial charge in [0.25, 0.3) is 11.1 Å². The normalized spacial score (nSPS) is 20.1. The molecule has 128 valence electrons. The Bertz CT molecular complexity index is 653. The van der Waals surface area contributed by atoms with Crippen LogP contribution in [0.4, 0.5) is 0 Å². The van der Waals surface area contributed by atoms with Gasteiger partial charge in [-0.2, -0.15) is 0 Å². The number of hydrogen-bond acceptors (Lipinski definition) is 4. The number of halogens is 1. The first kappa shape index (κ1) is 17.7. The molecule has 2 N–H and O–H groups in total. The summed E-state index contributed by atoms with van der Waals surface area (Å²) >= 11 is 0. The summed E-state index contributed by atoms with van der Waals surface area (Å²) in [5, 5.41) is 5.78. The fourth-order valence-corrected chi connectivity index (χ4v) is 3.50. The minimum atomic E-state index is -0.375. The van der Waals surface area contributed by atoms with Crippen LogP contribution in [-0.2, 0) is 11.3 Å². The topological polar surface area (TPSA) is 87.2 Å². The van der Waals surface area contributed by atoms with Crippen molar-refractivity contribution < 1.29 is 4.79 Å². The Morgan fingerprint density at radius 2 is 1.74 bits per heavy atom. The van der Waals surface area contributed by atoms with E-state index < -0.39 is 0 Å². The molecule has 0 saturated carbocycles. The van der Waals surface area contributed by atoms with Gasteiger partial charge in [0, 0.05) is 25.2 Å². The molecule has 1 aromatic rings. The average Bonchev–Trinajstić information content (AvgIpc) is 2.52. The molecule has 1 aromatic heterocycles. The predicted molar refractivity (Wildman–Crippen MR) is 88.9 cm³/mol. The number of amides is 1. The number of rotatable bonds is 2. The lowest BCUT2D eigenvalue weighted by molar-refractivity contribution is -0.134. The molecule has 1 spiro atoms. The number of hydrogen-bond donors (Lipinski definition) is 2. The van der Waals surface area contributed by atoms with Gasteiger partial charge in [-0.1, -0.05) is 0 Å². The highest BCUT2D eigenvalue weighted by Gasteiger charge is 2.36. The molecule has 0 unspecified atom stereocenters. The number of aromatic amines is 1. The van der Waals surface area contributed by atoms with Crippen LogP contribution in [0.3, 0.4) is 0 Å². The lowest BCUT2D eigenvalue weighted by Gasteiger charge is -2.44.